The monoisotopic (exact) mass is 620 g/mol. The highest BCUT2D eigenvalue weighted by Gasteiger charge is 2.58. The summed E-state index contributed by atoms with van der Waals surface area (Å²) in [4.78, 5) is 13.3. The molecule has 0 bridgehead atoms. The van der Waals surface area contributed by atoms with Crippen molar-refractivity contribution in [3.05, 3.63) is 47.3 Å². The van der Waals surface area contributed by atoms with E-state index in [2.05, 4.69) is 0 Å². The standard InChI is InChI=1S/C31H47F3O9/c1-17-9-8-10-24(40-6)27(42-29(38)25(41-7)15-18(2)12-14-22(35)13-11-17)20(4)26(37)21(5)30(39)16-23(36)19(3)28(43-30)31(32,33)34/h8-10,12,15,19-24,26-28,35-37,39H,11,13-14,16H2,1-7H3/b10-8+,17-9+,18-12+,25-15-/t19-,20-,21-,22-,23+,24-,26+,27+,28-,30+/m0/s1. The van der Waals surface area contributed by atoms with Crippen LogP contribution in [0.2, 0.25) is 0 Å². The van der Waals surface area contributed by atoms with Crippen molar-refractivity contribution >= 4 is 5.97 Å². The van der Waals surface area contributed by atoms with Gasteiger partial charge in [-0.1, -0.05) is 56.2 Å². The van der Waals surface area contributed by atoms with Crippen molar-refractivity contribution in [1.82, 2.24) is 0 Å². The van der Waals surface area contributed by atoms with Gasteiger partial charge in [0.2, 0.25) is 5.76 Å². The number of aliphatic hydroxyl groups is 4. The maximum atomic E-state index is 13.7. The van der Waals surface area contributed by atoms with Crippen molar-refractivity contribution in [3.8, 4) is 0 Å². The van der Waals surface area contributed by atoms with Gasteiger partial charge in [-0.3, -0.25) is 0 Å². The molecule has 246 valence electrons. The Labute approximate surface area is 251 Å². The molecular formula is C31H47F3O9. The molecule has 0 spiro atoms. The van der Waals surface area contributed by atoms with Crippen molar-refractivity contribution in [3.63, 3.8) is 0 Å². The van der Waals surface area contributed by atoms with Crippen LogP contribution in [0.1, 0.15) is 60.3 Å². The number of ether oxygens (including phenoxy) is 4. The van der Waals surface area contributed by atoms with Crippen LogP contribution in [0.4, 0.5) is 13.2 Å². The van der Waals surface area contributed by atoms with Gasteiger partial charge >= 0.3 is 12.1 Å². The van der Waals surface area contributed by atoms with Gasteiger partial charge in [-0.15, -0.1) is 0 Å². The Bertz CT molecular complexity index is 1050. The van der Waals surface area contributed by atoms with E-state index in [-0.39, 0.29) is 5.76 Å². The number of carbonyl (C=O) groups excluding carboxylic acids is 1. The van der Waals surface area contributed by atoms with E-state index >= 15 is 0 Å². The molecule has 1 fully saturated rings. The van der Waals surface area contributed by atoms with Crippen LogP contribution >= 0.6 is 0 Å². The zero-order valence-corrected chi connectivity index (χ0v) is 25.9. The fraction of sp³-hybridized carbons (Fsp3) is 0.710. The van der Waals surface area contributed by atoms with Crippen LogP contribution in [0.3, 0.4) is 0 Å². The second kappa shape index (κ2) is 15.7. The maximum absolute atomic E-state index is 13.7. The molecule has 10 atom stereocenters. The number of allylic oxidation sites excluding steroid dienone is 5. The summed E-state index contributed by atoms with van der Waals surface area (Å²) in [6.45, 7) is 7.62. The molecule has 0 aliphatic carbocycles. The van der Waals surface area contributed by atoms with Gasteiger partial charge in [-0.2, -0.15) is 13.2 Å². The molecule has 0 amide bonds. The van der Waals surface area contributed by atoms with E-state index in [0.717, 1.165) is 5.57 Å². The summed E-state index contributed by atoms with van der Waals surface area (Å²) in [7, 11) is 2.65. The molecule has 0 aromatic heterocycles. The molecule has 2 aliphatic rings. The van der Waals surface area contributed by atoms with Crippen molar-refractivity contribution in [1.29, 1.82) is 0 Å². The molecule has 0 aromatic carbocycles. The summed E-state index contributed by atoms with van der Waals surface area (Å²) >= 11 is 0. The lowest BCUT2D eigenvalue weighted by molar-refractivity contribution is -0.372. The van der Waals surface area contributed by atoms with E-state index in [0.29, 0.717) is 24.8 Å². The number of cyclic esters (lactones) is 1. The number of rotatable bonds is 6. The van der Waals surface area contributed by atoms with Crippen LogP contribution in [0.25, 0.3) is 0 Å². The molecule has 0 saturated carbocycles. The molecule has 2 rings (SSSR count). The average molecular weight is 621 g/mol. The molecule has 0 unspecified atom stereocenters. The number of aliphatic hydroxyl groups excluding tert-OH is 3. The van der Waals surface area contributed by atoms with E-state index in [1.54, 1.807) is 25.2 Å². The zero-order chi connectivity index (χ0) is 32.7. The van der Waals surface area contributed by atoms with Crippen LogP contribution in [0.15, 0.2) is 47.3 Å². The lowest BCUT2D eigenvalue weighted by Crippen LogP contribution is -2.61. The first-order valence-corrected chi connectivity index (χ1v) is 14.5. The van der Waals surface area contributed by atoms with Crippen molar-refractivity contribution in [2.24, 2.45) is 17.8 Å². The van der Waals surface area contributed by atoms with Gasteiger partial charge in [-0.05, 0) is 39.2 Å². The molecule has 43 heavy (non-hydrogen) atoms. The Kier molecular flexibility index (Phi) is 13.5. The molecule has 0 radical (unpaired) electrons. The molecular weight excluding hydrogens is 573 g/mol. The third kappa shape index (κ3) is 9.89. The third-order valence-electron chi connectivity index (χ3n) is 8.40. The Morgan fingerprint density at radius 1 is 1.16 bits per heavy atom. The summed E-state index contributed by atoms with van der Waals surface area (Å²) in [5.74, 6) is -7.30. The SMILES string of the molecule is CO/C1=C\C(C)=C\C[C@@H](O)CC/C(C)=C/C=C/[C@H](OC)[C@@H]([C@@H](C)[C@@H](O)[C@H](C)[C@@]2(O)C[C@@H](O)[C@H](C)[C@@H](C(F)(F)F)O2)OC1=O. The first-order chi connectivity index (χ1) is 19.9. The third-order valence-corrected chi connectivity index (χ3v) is 8.40. The topological polar surface area (TPSA) is 135 Å². The minimum atomic E-state index is -4.87. The van der Waals surface area contributed by atoms with Crippen LogP contribution in [0.5, 0.6) is 0 Å². The lowest BCUT2D eigenvalue weighted by Gasteiger charge is -2.48. The Balaban J connectivity index is 2.48. The Morgan fingerprint density at radius 3 is 2.40 bits per heavy atom. The van der Waals surface area contributed by atoms with Gasteiger partial charge in [-0.25, -0.2) is 4.79 Å². The smallest absolute Gasteiger partial charge is 0.415 e. The number of carbonyl (C=O) groups is 1. The van der Waals surface area contributed by atoms with E-state index < -0.39 is 78.7 Å². The molecule has 12 heteroatoms. The maximum Gasteiger partial charge on any atom is 0.415 e. The summed E-state index contributed by atoms with van der Waals surface area (Å²) in [6, 6.07) is 0. The normalized spacial score (nSPS) is 38.7. The van der Waals surface area contributed by atoms with Gasteiger partial charge in [0.25, 0.3) is 0 Å². The fourth-order valence-electron chi connectivity index (χ4n) is 5.33. The highest BCUT2D eigenvalue weighted by Crippen LogP contribution is 2.44. The molecule has 1 saturated heterocycles. The second-order valence-electron chi connectivity index (χ2n) is 11.8. The molecule has 9 nitrogen and oxygen atoms in total. The predicted octanol–water partition coefficient (Wildman–Crippen LogP) is 4.11. The molecule has 2 heterocycles. The van der Waals surface area contributed by atoms with Gasteiger partial charge in [0, 0.05) is 31.3 Å². The number of alkyl halides is 3. The van der Waals surface area contributed by atoms with E-state index in [1.165, 1.54) is 41.1 Å². The first-order valence-electron chi connectivity index (χ1n) is 14.5. The van der Waals surface area contributed by atoms with Crippen LogP contribution < -0.4 is 0 Å². The highest BCUT2D eigenvalue weighted by molar-refractivity contribution is 5.87. The summed E-state index contributed by atoms with van der Waals surface area (Å²) < 4.78 is 62.9. The van der Waals surface area contributed by atoms with E-state index in [9.17, 15) is 38.4 Å². The molecule has 4 N–H and O–H groups in total. The quantitative estimate of drug-likeness (QED) is 0.324. The average Bonchev–Trinajstić information content (AvgIpc) is 2.94. The van der Waals surface area contributed by atoms with Gasteiger partial charge in [0.05, 0.1) is 25.4 Å². The minimum Gasteiger partial charge on any atom is -0.490 e. The van der Waals surface area contributed by atoms with Crippen molar-refractivity contribution < 1.29 is 57.3 Å². The number of halogens is 3. The summed E-state index contributed by atoms with van der Waals surface area (Å²) in [5, 5.41) is 43.3. The Hall–Kier alpha value is -2.22. The van der Waals surface area contributed by atoms with Gasteiger partial charge in [0.15, 0.2) is 11.9 Å². The number of esters is 1. The Morgan fingerprint density at radius 2 is 1.81 bits per heavy atom. The fourth-order valence-corrected chi connectivity index (χ4v) is 5.33. The predicted molar refractivity (Wildman–Crippen MR) is 152 cm³/mol. The van der Waals surface area contributed by atoms with E-state index in [4.69, 9.17) is 18.9 Å². The first kappa shape index (κ1) is 37.0. The van der Waals surface area contributed by atoms with Crippen LogP contribution in [-0.2, 0) is 23.7 Å². The number of hydrogen-bond acceptors (Lipinski definition) is 9. The highest BCUT2D eigenvalue weighted by atomic mass is 19.4. The number of hydrogen-bond donors (Lipinski definition) is 4. The minimum absolute atomic E-state index is 0.163. The van der Waals surface area contributed by atoms with Crippen molar-refractivity contribution in [2.75, 3.05) is 14.2 Å². The van der Waals surface area contributed by atoms with Gasteiger partial charge < -0.3 is 39.4 Å². The van der Waals surface area contributed by atoms with E-state index in [1.807, 2.05) is 13.0 Å². The van der Waals surface area contributed by atoms with Crippen molar-refractivity contribution in [2.45, 2.75) is 109 Å². The van der Waals surface area contributed by atoms with Crippen LogP contribution in [-0.4, -0.2) is 89.2 Å². The van der Waals surface area contributed by atoms with Crippen LogP contribution in [0, 0.1) is 17.8 Å². The largest absolute Gasteiger partial charge is 0.490 e. The molecule has 2 aliphatic heterocycles. The number of methoxy groups -OCH3 is 2. The lowest BCUT2D eigenvalue weighted by atomic mass is 9.77. The zero-order valence-electron chi connectivity index (χ0n) is 25.9. The second-order valence-corrected chi connectivity index (χ2v) is 11.8. The van der Waals surface area contributed by atoms with Gasteiger partial charge in [0.1, 0.15) is 12.2 Å². The molecule has 0 aromatic rings. The summed E-state index contributed by atoms with van der Waals surface area (Å²) in [6.07, 6.45) is -3.91. The summed E-state index contributed by atoms with van der Waals surface area (Å²) in [5.41, 5.74) is 1.61.